The zero-order valence-corrected chi connectivity index (χ0v) is 11.2. The van der Waals surface area contributed by atoms with Gasteiger partial charge in [-0.1, -0.05) is 0 Å². The summed E-state index contributed by atoms with van der Waals surface area (Å²) in [6, 6.07) is 3.72. The van der Waals surface area contributed by atoms with Crippen LogP contribution >= 0.6 is 0 Å². The molecule has 23 heavy (non-hydrogen) atoms. The summed E-state index contributed by atoms with van der Waals surface area (Å²) < 4.78 is 37.9. The highest BCUT2D eigenvalue weighted by molar-refractivity contribution is 5.92. The van der Waals surface area contributed by atoms with Crippen molar-refractivity contribution in [2.75, 3.05) is 5.32 Å². The van der Waals surface area contributed by atoms with E-state index in [4.69, 9.17) is 0 Å². The standard InChI is InChI=1S/C12H9F3N4O4/c13-12(14,15)10-3-4-18(17-10)6-11(21)16-8-2-1-7(19(22)23)5-9(8)20/h1-5,20H,6H2,(H,16,21). The second-order valence-electron chi connectivity index (χ2n) is 4.40. The zero-order valence-electron chi connectivity index (χ0n) is 11.2. The molecule has 0 bridgehead atoms. The van der Waals surface area contributed by atoms with E-state index in [1.54, 1.807) is 0 Å². The lowest BCUT2D eigenvalue weighted by Crippen LogP contribution is -2.19. The molecular weight excluding hydrogens is 321 g/mol. The van der Waals surface area contributed by atoms with Crippen LogP contribution in [0.1, 0.15) is 5.69 Å². The van der Waals surface area contributed by atoms with Crippen LogP contribution in [0, 0.1) is 10.1 Å². The van der Waals surface area contributed by atoms with Gasteiger partial charge >= 0.3 is 6.18 Å². The minimum atomic E-state index is -4.61. The molecule has 2 aromatic rings. The normalized spacial score (nSPS) is 11.3. The van der Waals surface area contributed by atoms with E-state index in [-0.39, 0.29) is 11.4 Å². The van der Waals surface area contributed by atoms with Gasteiger partial charge in [-0.3, -0.25) is 19.6 Å². The van der Waals surface area contributed by atoms with Crippen molar-refractivity contribution in [2.45, 2.75) is 12.7 Å². The molecule has 0 aliphatic rings. The number of anilines is 1. The van der Waals surface area contributed by atoms with Crippen LogP contribution in [0.25, 0.3) is 0 Å². The van der Waals surface area contributed by atoms with Gasteiger partial charge in [-0.2, -0.15) is 18.3 Å². The number of phenolic OH excluding ortho intramolecular Hbond substituents is 1. The fraction of sp³-hybridized carbons (Fsp3) is 0.167. The number of aromatic nitrogens is 2. The van der Waals surface area contributed by atoms with Gasteiger partial charge in [0.2, 0.25) is 5.91 Å². The third-order valence-electron chi connectivity index (χ3n) is 2.70. The predicted octanol–water partition coefficient (Wildman–Crippen LogP) is 2.15. The summed E-state index contributed by atoms with van der Waals surface area (Å²) >= 11 is 0. The van der Waals surface area contributed by atoms with Crippen LogP contribution in [0.3, 0.4) is 0 Å². The second-order valence-corrected chi connectivity index (χ2v) is 4.40. The molecule has 0 saturated carbocycles. The number of halogens is 3. The topological polar surface area (TPSA) is 110 Å². The van der Waals surface area contributed by atoms with Crippen molar-refractivity contribution in [3.05, 3.63) is 46.3 Å². The molecule has 1 amide bonds. The maximum Gasteiger partial charge on any atom is 0.435 e. The number of benzene rings is 1. The van der Waals surface area contributed by atoms with Crippen LogP contribution in [0.5, 0.6) is 5.75 Å². The number of hydrogen-bond donors (Lipinski definition) is 2. The molecule has 1 aromatic heterocycles. The van der Waals surface area contributed by atoms with Crippen molar-refractivity contribution in [1.82, 2.24) is 9.78 Å². The molecule has 122 valence electrons. The van der Waals surface area contributed by atoms with Crippen molar-refractivity contribution in [2.24, 2.45) is 0 Å². The van der Waals surface area contributed by atoms with Crippen LogP contribution in [-0.2, 0) is 17.5 Å². The fourth-order valence-electron chi connectivity index (χ4n) is 1.68. The summed E-state index contributed by atoms with van der Waals surface area (Å²) in [7, 11) is 0. The Hall–Kier alpha value is -3.11. The molecule has 0 saturated heterocycles. The van der Waals surface area contributed by atoms with E-state index in [1.807, 2.05) is 0 Å². The SMILES string of the molecule is O=C(Cn1ccc(C(F)(F)F)n1)Nc1ccc([N+](=O)[O-])cc1O. The van der Waals surface area contributed by atoms with Crippen molar-refractivity contribution in [1.29, 1.82) is 0 Å². The van der Waals surface area contributed by atoms with Crippen LogP contribution in [-0.4, -0.2) is 25.7 Å². The van der Waals surface area contributed by atoms with Gasteiger partial charge in [0.05, 0.1) is 16.7 Å². The van der Waals surface area contributed by atoms with Crippen molar-refractivity contribution >= 4 is 17.3 Å². The third-order valence-corrected chi connectivity index (χ3v) is 2.70. The summed E-state index contributed by atoms with van der Waals surface area (Å²) in [5.74, 6) is -1.30. The van der Waals surface area contributed by atoms with Crippen LogP contribution in [0.2, 0.25) is 0 Å². The average molecular weight is 330 g/mol. The highest BCUT2D eigenvalue weighted by Crippen LogP contribution is 2.28. The number of carbonyl (C=O) groups excluding carboxylic acids is 1. The Labute approximate surface area is 126 Å². The zero-order chi connectivity index (χ0) is 17.2. The fourth-order valence-corrected chi connectivity index (χ4v) is 1.68. The number of carbonyl (C=O) groups is 1. The first-order valence-corrected chi connectivity index (χ1v) is 6.05. The predicted molar refractivity (Wildman–Crippen MR) is 70.6 cm³/mol. The molecule has 0 radical (unpaired) electrons. The highest BCUT2D eigenvalue weighted by atomic mass is 19.4. The van der Waals surface area contributed by atoms with Gasteiger partial charge in [0.15, 0.2) is 5.69 Å². The third kappa shape index (κ3) is 3.96. The van der Waals surface area contributed by atoms with Crippen LogP contribution in [0.4, 0.5) is 24.5 Å². The molecule has 0 spiro atoms. The molecule has 1 heterocycles. The first-order valence-electron chi connectivity index (χ1n) is 6.05. The minimum absolute atomic E-state index is 0.108. The van der Waals surface area contributed by atoms with Crippen LogP contribution < -0.4 is 5.32 Å². The Morgan fingerprint density at radius 1 is 1.39 bits per heavy atom. The molecule has 2 N–H and O–H groups in total. The van der Waals surface area contributed by atoms with Gasteiger partial charge in [-0.05, 0) is 12.1 Å². The molecule has 1 aromatic carbocycles. The number of non-ortho nitro benzene ring substituents is 1. The van der Waals surface area contributed by atoms with E-state index in [0.29, 0.717) is 0 Å². The van der Waals surface area contributed by atoms with E-state index in [9.17, 15) is 33.2 Å². The Morgan fingerprint density at radius 3 is 2.61 bits per heavy atom. The quantitative estimate of drug-likeness (QED) is 0.507. The molecule has 0 atom stereocenters. The smallest absolute Gasteiger partial charge is 0.435 e. The van der Waals surface area contributed by atoms with E-state index in [0.717, 1.165) is 35.1 Å². The monoisotopic (exact) mass is 330 g/mol. The summed E-state index contributed by atoms with van der Waals surface area (Å²) in [5.41, 5.74) is -1.62. The lowest BCUT2D eigenvalue weighted by molar-refractivity contribution is -0.384. The number of nitrogens with one attached hydrogen (secondary N) is 1. The summed E-state index contributed by atoms with van der Waals surface area (Å²) in [6.45, 7) is -0.521. The van der Waals surface area contributed by atoms with Gasteiger partial charge in [-0.25, -0.2) is 0 Å². The van der Waals surface area contributed by atoms with Crippen molar-refractivity contribution < 1.29 is 28.0 Å². The van der Waals surface area contributed by atoms with E-state index < -0.39 is 35.0 Å². The van der Waals surface area contributed by atoms with Gasteiger partial charge < -0.3 is 10.4 Å². The first kappa shape index (κ1) is 16.3. The number of nitrogens with zero attached hydrogens (tertiary/aromatic N) is 3. The number of phenols is 1. The highest BCUT2D eigenvalue weighted by Gasteiger charge is 2.33. The largest absolute Gasteiger partial charge is 0.506 e. The molecule has 0 unspecified atom stereocenters. The average Bonchev–Trinajstić information content (AvgIpc) is 2.89. The number of amides is 1. The van der Waals surface area contributed by atoms with Gasteiger partial charge in [0.1, 0.15) is 12.3 Å². The Morgan fingerprint density at radius 2 is 2.09 bits per heavy atom. The second kappa shape index (κ2) is 5.94. The van der Waals surface area contributed by atoms with Crippen molar-refractivity contribution in [3.8, 4) is 5.75 Å². The lowest BCUT2D eigenvalue weighted by atomic mass is 10.2. The summed E-state index contributed by atoms with van der Waals surface area (Å²) in [4.78, 5) is 21.5. The lowest BCUT2D eigenvalue weighted by Gasteiger charge is -2.07. The molecule has 0 fully saturated rings. The Balaban J connectivity index is 2.05. The van der Waals surface area contributed by atoms with E-state index in [2.05, 4.69) is 10.4 Å². The van der Waals surface area contributed by atoms with E-state index in [1.165, 1.54) is 0 Å². The number of nitro benzene ring substituents is 1. The van der Waals surface area contributed by atoms with Gasteiger partial charge in [0, 0.05) is 12.3 Å². The Bertz CT molecular complexity index is 757. The minimum Gasteiger partial charge on any atom is -0.506 e. The number of hydrogen-bond acceptors (Lipinski definition) is 5. The molecule has 11 heteroatoms. The van der Waals surface area contributed by atoms with Gasteiger partial charge in [-0.15, -0.1) is 0 Å². The Kier molecular flexibility index (Phi) is 4.20. The molecular formula is C12H9F3N4O4. The first-order chi connectivity index (χ1) is 10.7. The number of alkyl halides is 3. The van der Waals surface area contributed by atoms with E-state index >= 15 is 0 Å². The molecule has 2 rings (SSSR count). The molecule has 8 nitrogen and oxygen atoms in total. The summed E-state index contributed by atoms with van der Waals surface area (Å²) in [6.07, 6.45) is -3.63. The maximum absolute atomic E-state index is 12.4. The molecule has 0 aliphatic carbocycles. The number of aromatic hydroxyl groups is 1. The molecule has 0 aliphatic heterocycles. The summed E-state index contributed by atoms with van der Waals surface area (Å²) in [5, 5.41) is 25.5. The maximum atomic E-state index is 12.4. The van der Waals surface area contributed by atoms with Crippen molar-refractivity contribution in [3.63, 3.8) is 0 Å². The number of nitro groups is 1. The van der Waals surface area contributed by atoms with Crippen LogP contribution in [0.15, 0.2) is 30.5 Å². The van der Waals surface area contributed by atoms with Gasteiger partial charge in [0.25, 0.3) is 5.69 Å². The number of rotatable bonds is 4.